The van der Waals surface area contributed by atoms with Crippen molar-refractivity contribution in [3.05, 3.63) is 119 Å². The molecular weight excluding hydrogens is 534 g/mol. The average molecular weight is 582 g/mol. The smallest absolute Gasteiger partial charge is 0.0736 e. The zero-order valence-corrected chi connectivity index (χ0v) is 26.9. The Morgan fingerprint density at radius 2 is 1.45 bits per heavy atom. The summed E-state index contributed by atoms with van der Waals surface area (Å²) < 4.78 is 2.51. The number of unbranched alkanes of at least 4 members (excludes halogenated alkanes) is 2. The number of benzene rings is 4. The van der Waals surface area contributed by atoms with Crippen LogP contribution >= 0.6 is 0 Å². The molecule has 0 saturated heterocycles. The van der Waals surface area contributed by atoms with Crippen LogP contribution in [0.2, 0.25) is 0 Å². The molecule has 1 aromatic heterocycles. The monoisotopic (exact) mass is 581 g/mol. The van der Waals surface area contributed by atoms with Crippen LogP contribution in [0.1, 0.15) is 77.8 Å². The highest BCUT2D eigenvalue weighted by molar-refractivity contribution is 6.10. The fourth-order valence-electron chi connectivity index (χ4n) is 7.20. The molecule has 1 unspecified atom stereocenters. The number of aromatic nitrogens is 1. The largest absolute Gasteiger partial charge is 0.398 e. The predicted octanol–water partition coefficient (Wildman–Crippen LogP) is 10.1. The van der Waals surface area contributed by atoms with E-state index < -0.39 is 0 Å². The number of hydrogen-bond donors (Lipinski definition) is 1. The lowest BCUT2D eigenvalue weighted by atomic mass is 10.0. The van der Waals surface area contributed by atoms with Crippen LogP contribution < -0.4 is 16.0 Å². The molecule has 2 N–H and O–H groups in total. The quantitative estimate of drug-likeness (QED) is 0.188. The van der Waals surface area contributed by atoms with Crippen molar-refractivity contribution in [1.29, 1.82) is 0 Å². The van der Waals surface area contributed by atoms with Crippen molar-refractivity contribution in [1.82, 2.24) is 4.57 Å². The molecule has 226 valence electrons. The van der Waals surface area contributed by atoms with Crippen LogP contribution in [0.15, 0.2) is 108 Å². The number of aryl methyl sites for hydroxylation is 1. The van der Waals surface area contributed by atoms with Crippen molar-refractivity contribution in [2.45, 2.75) is 78.8 Å². The van der Waals surface area contributed by atoms with Crippen molar-refractivity contribution in [3.63, 3.8) is 0 Å². The molecule has 0 fully saturated rings. The van der Waals surface area contributed by atoms with Crippen LogP contribution in [0.3, 0.4) is 0 Å². The molecule has 0 amide bonds. The minimum atomic E-state index is 0.248. The molecule has 0 saturated carbocycles. The van der Waals surface area contributed by atoms with Crippen molar-refractivity contribution in [3.8, 4) is 0 Å². The first-order valence-corrected chi connectivity index (χ1v) is 16.9. The van der Waals surface area contributed by atoms with Crippen molar-refractivity contribution in [2.75, 3.05) is 11.4 Å². The maximum atomic E-state index is 6.85. The van der Waals surface area contributed by atoms with E-state index in [1.54, 1.807) is 0 Å². The van der Waals surface area contributed by atoms with Crippen LogP contribution in [-0.2, 0) is 6.54 Å². The van der Waals surface area contributed by atoms with E-state index in [9.17, 15) is 0 Å². The van der Waals surface area contributed by atoms with Crippen molar-refractivity contribution < 1.29 is 0 Å². The third-order valence-electron chi connectivity index (χ3n) is 9.38. The molecule has 0 spiro atoms. The highest BCUT2D eigenvalue weighted by Crippen LogP contribution is 2.45. The Balaban J connectivity index is 0.00000168. The first kappa shape index (κ1) is 29.8. The number of anilines is 1. The standard InChI is InChI=1S/C39H41N3.C2H6/c1-3-5-25-41-33(31-15-7-11-27-13-9-17-35(41)37(27)31)23-21-29-19-20-30(39(29)40)22-24-34-32-16-8-12-28-14-10-18-36(38(28)32)42(34)26-6-4-2;1-2/h7-18,21-24,33H,3-6,19-20,25-26,40H2,1-2H3;1-2H3/b23-21+,30-22+,34-24+;. The number of hydrogen-bond acceptors (Lipinski definition) is 2. The lowest BCUT2D eigenvalue weighted by molar-refractivity contribution is 0.640. The van der Waals surface area contributed by atoms with Gasteiger partial charge < -0.3 is 15.2 Å². The zero-order chi connectivity index (χ0) is 30.6. The lowest BCUT2D eigenvalue weighted by Crippen LogP contribution is -2.24. The molecule has 2 heterocycles. The Bertz CT molecular complexity index is 1920. The SMILES string of the molecule is CC.CCCCN1c2cccc3cccc(c23)C1/C=C/C1=C(N)C(=C/C=c2\c3cccc4cccc(c43)n2CCCC)/CC1. The van der Waals surface area contributed by atoms with Crippen LogP contribution in [0.4, 0.5) is 5.69 Å². The van der Waals surface area contributed by atoms with E-state index in [4.69, 9.17) is 5.73 Å². The van der Waals surface area contributed by atoms with Gasteiger partial charge in [-0.1, -0.05) is 119 Å². The minimum absolute atomic E-state index is 0.248. The summed E-state index contributed by atoms with van der Waals surface area (Å²) in [5.74, 6) is 0. The fraction of sp³-hybridized carbons (Fsp3) is 0.317. The third kappa shape index (κ3) is 5.23. The van der Waals surface area contributed by atoms with Crippen LogP contribution in [0.25, 0.3) is 38.5 Å². The second-order valence-corrected chi connectivity index (χ2v) is 11.9. The van der Waals surface area contributed by atoms with E-state index in [2.05, 4.69) is 120 Å². The molecule has 1 aliphatic heterocycles. The van der Waals surface area contributed by atoms with Gasteiger partial charge >= 0.3 is 0 Å². The predicted molar refractivity (Wildman–Crippen MR) is 192 cm³/mol. The Morgan fingerprint density at radius 3 is 2.23 bits per heavy atom. The van der Waals surface area contributed by atoms with Gasteiger partial charge in [-0.15, -0.1) is 0 Å². The van der Waals surface area contributed by atoms with Gasteiger partial charge in [-0.2, -0.15) is 0 Å². The van der Waals surface area contributed by atoms with Crippen molar-refractivity contribution >= 4 is 44.2 Å². The average Bonchev–Trinajstić information content (AvgIpc) is 3.68. The van der Waals surface area contributed by atoms with E-state index >= 15 is 0 Å². The molecule has 1 atom stereocenters. The second kappa shape index (κ2) is 13.2. The number of rotatable bonds is 9. The number of nitrogens with two attached hydrogens (primary N) is 1. The molecule has 7 rings (SSSR count). The van der Waals surface area contributed by atoms with Gasteiger partial charge in [-0.25, -0.2) is 0 Å². The van der Waals surface area contributed by atoms with Gasteiger partial charge in [0.05, 0.1) is 6.04 Å². The summed E-state index contributed by atoms with van der Waals surface area (Å²) in [6.45, 7) is 10.6. The van der Waals surface area contributed by atoms with Gasteiger partial charge in [-0.3, -0.25) is 0 Å². The topological polar surface area (TPSA) is 34.2 Å². The first-order valence-electron chi connectivity index (χ1n) is 16.9. The maximum absolute atomic E-state index is 6.85. The molecule has 2 aliphatic rings. The molecule has 44 heavy (non-hydrogen) atoms. The number of allylic oxidation sites excluding steroid dienone is 4. The molecule has 0 bridgehead atoms. The summed E-state index contributed by atoms with van der Waals surface area (Å²) in [6, 6.07) is 27.1. The van der Waals surface area contributed by atoms with Crippen LogP contribution in [0, 0.1) is 0 Å². The Hall–Kier alpha value is -4.24. The van der Waals surface area contributed by atoms with Crippen LogP contribution in [-0.4, -0.2) is 11.1 Å². The van der Waals surface area contributed by atoms with Crippen LogP contribution in [0.5, 0.6) is 0 Å². The Kier molecular flexibility index (Phi) is 8.93. The van der Waals surface area contributed by atoms with E-state index in [-0.39, 0.29) is 6.04 Å². The van der Waals surface area contributed by atoms with Gasteiger partial charge in [0.15, 0.2) is 0 Å². The molecule has 3 nitrogen and oxygen atoms in total. The molecule has 5 aromatic rings. The van der Waals surface area contributed by atoms with Gasteiger partial charge in [0.2, 0.25) is 0 Å². The lowest BCUT2D eigenvalue weighted by Gasteiger charge is -2.26. The van der Waals surface area contributed by atoms with E-state index in [0.29, 0.717) is 0 Å². The van der Waals surface area contributed by atoms with E-state index in [0.717, 1.165) is 31.6 Å². The molecule has 4 aromatic carbocycles. The second-order valence-electron chi connectivity index (χ2n) is 11.9. The van der Waals surface area contributed by atoms with E-state index in [1.807, 2.05) is 13.8 Å². The van der Waals surface area contributed by atoms with Gasteiger partial charge in [0.1, 0.15) is 0 Å². The molecule has 1 aliphatic carbocycles. The summed E-state index contributed by atoms with van der Waals surface area (Å²) in [5, 5.41) is 8.05. The summed E-state index contributed by atoms with van der Waals surface area (Å²) >= 11 is 0. The summed E-state index contributed by atoms with van der Waals surface area (Å²) in [6.07, 6.45) is 16.0. The first-order chi connectivity index (χ1) is 21.7. The third-order valence-corrected chi connectivity index (χ3v) is 9.38. The normalized spacial score (nSPS) is 17.7. The summed E-state index contributed by atoms with van der Waals surface area (Å²) in [7, 11) is 0. The highest BCUT2D eigenvalue weighted by atomic mass is 15.2. The van der Waals surface area contributed by atoms with Gasteiger partial charge in [-0.05, 0) is 71.4 Å². The fourth-order valence-corrected chi connectivity index (χ4v) is 7.20. The Labute approximate surface area is 263 Å². The summed E-state index contributed by atoms with van der Waals surface area (Å²) in [5.41, 5.74) is 14.4. The van der Waals surface area contributed by atoms with Crippen molar-refractivity contribution in [2.24, 2.45) is 5.73 Å². The Morgan fingerprint density at radius 1 is 0.773 bits per heavy atom. The molecule has 0 radical (unpaired) electrons. The zero-order valence-electron chi connectivity index (χ0n) is 26.9. The molecule has 3 heteroatoms. The highest BCUT2D eigenvalue weighted by Gasteiger charge is 2.29. The minimum Gasteiger partial charge on any atom is -0.398 e. The maximum Gasteiger partial charge on any atom is 0.0736 e. The molecular formula is C41H47N3. The number of nitrogens with zero attached hydrogens (tertiary/aromatic N) is 2. The summed E-state index contributed by atoms with van der Waals surface area (Å²) in [4.78, 5) is 2.59. The van der Waals surface area contributed by atoms with Gasteiger partial charge in [0.25, 0.3) is 0 Å². The van der Waals surface area contributed by atoms with E-state index in [1.165, 1.54) is 85.9 Å². The van der Waals surface area contributed by atoms with Gasteiger partial charge in [0, 0.05) is 51.5 Å².